The first-order chi connectivity index (χ1) is 7.56. The van der Waals surface area contributed by atoms with Crippen LogP contribution in [0.4, 0.5) is 0 Å². The minimum atomic E-state index is -0.902. The Bertz CT molecular complexity index is 365. The first-order valence-electron chi connectivity index (χ1n) is 5.69. The number of hydrogen-bond donors (Lipinski definition) is 1. The zero-order chi connectivity index (χ0) is 12.1. The number of benzene rings is 1. The summed E-state index contributed by atoms with van der Waals surface area (Å²) >= 11 is 0. The Morgan fingerprint density at radius 3 is 2.50 bits per heavy atom. The second-order valence-electron chi connectivity index (χ2n) is 4.30. The maximum absolute atomic E-state index is 12.3. The Morgan fingerprint density at radius 2 is 1.94 bits per heavy atom. The molecule has 16 heavy (non-hydrogen) atoms. The van der Waals surface area contributed by atoms with E-state index in [1.165, 1.54) is 0 Å². The summed E-state index contributed by atoms with van der Waals surface area (Å²) in [7, 11) is 1.04. The maximum atomic E-state index is 12.3. The van der Waals surface area contributed by atoms with Crippen LogP contribution in [0.25, 0.3) is 0 Å². The van der Waals surface area contributed by atoms with Gasteiger partial charge in [-0.2, -0.15) is 0 Å². The summed E-state index contributed by atoms with van der Waals surface area (Å²) in [6.07, 6.45) is 0.928. The Morgan fingerprint density at radius 1 is 1.31 bits per heavy atom. The monoisotopic (exact) mass is 239 g/mol. The van der Waals surface area contributed by atoms with E-state index < -0.39 is 10.8 Å². The van der Waals surface area contributed by atoms with E-state index in [-0.39, 0.29) is 5.25 Å². The molecule has 1 N–H and O–H groups in total. The minimum Gasteiger partial charge on any atom is -0.317 e. The normalized spacial score (nSPS) is 16.8. The third-order valence-electron chi connectivity index (χ3n) is 2.85. The van der Waals surface area contributed by atoms with Gasteiger partial charge in [-0.05, 0) is 38.9 Å². The van der Waals surface area contributed by atoms with Crippen LogP contribution in [0, 0.1) is 6.92 Å². The summed E-state index contributed by atoms with van der Waals surface area (Å²) in [5, 5.41) is 3.37. The van der Waals surface area contributed by atoms with Crippen LogP contribution < -0.4 is 5.32 Å². The van der Waals surface area contributed by atoms with Crippen molar-refractivity contribution in [3.63, 3.8) is 0 Å². The zero-order valence-corrected chi connectivity index (χ0v) is 11.3. The molecule has 0 aliphatic heterocycles. The predicted octanol–water partition coefficient (Wildman–Crippen LogP) is 2.49. The minimum absolute atomic E-state index is 0.184. The predicted molar refractivity (Wildman–Crippen MR) is 70.2 cm³/mol. The van der Waals surface area contributed by atoms with E-state index >= 15 is 0 Å². The van der Waals surface area contributed by atoms with Gasteiger partial charge in [-0.25, -0.2) is 0 Å². The van der Waals surface area contributed by atoms with Gasteiger partial charge < -0.3 is 5.32 Å². The van der Waals surface area contributed by atoms with Crippen LogP contribution in [-0.4, -0.2) is 22.5 Å². The van der Waals surface area contributed by atoms with Crippen molar-refractivity contribution in [3.05, 3.63) is 29.8 Å². The van der Waals surface area contributed by atoms with Gasteiger partial charge >= 0.3 is 0 Å². The fraction of sp³-hybridized carbons (Fsp3) is 0.538. The molecule has 90 valence electrons. The second kappa shape index (κ2) is 6.16. The van der Waals surface area contributed by atoms with E-state index in [2.05, 4.69) is 19.2 Å². The molecule has 0 saturated carbocycles. The third-order valence-corrected chi connectivity index (χ3v) is 4.67. The highest BCUT2D eigenvalue weighted by Crippen LogP contribution is 2.18. The molecule has 3 heteroatoms. The smallest absolute Gasteiger partial charge is 0.0561 e. The van der Waals surface area contributed by atoms with E-state index in [9.17, 15) is 4.21 Å². The molecule has 1 aromatic rings. The van der Waals surface area contributed by atoms with Crippen molar-refractivity contribution in [2.75, 3.05) is 7.05 Å². The van der Waals surface area contributed by atoms with Gasteiger partial charge in [-0.1, -0.05) is 25.1 Å². The molecular weight excluding hydrogens is 218 g/mol. The van der Waals surface area contributed by atoms with Crippen molar-refractivity contribution in [1.82, 2.24) is 5.32 Å². The molecular formula is C13H21NOS. The molecule has 0 heterocycles. The van der Waals surface area contributed by atoms with Gasteiger partial charge in [0.05, 0.1) is 10.8 Å². The van der Waals surface area contributed by atoms with Crippen LogP contribution >= 0.6 is 0 Å². The van der Waals surface area contributed by atoms with Crippen LogP contribution in [0.5, 0.6) is 0 Å². The lowest BCUT2D eigenvalue weighted by atomic mass is 10.2. The van der Waals surface area contributed by atoms with Crippen molar-refractivity contribution in [2.45, 2.75) is 43.4 Å². The van der Waals surface area contributed by atoms with E-state index in [4.69, 9.17) is 0 Å². The molecule has 0 radical (unpaired) electrons. The average molecular weight is 239 g/mol. The summed E-state index contributed by atoms with van der Waals surface area (Å²) in [4.78, 5) is 0.971. The molecule has 3 atom stereocenters. The van der Waals surface area contributed by atoms with Crippen LogP contribution in [0.15, 0.2) is 29.2 Å². The quantitative estimate of drug-likeness (QED) is 0.855. The van der Waals surface area contributed by atoms with E-state index in [0.29, 0.717) is 6.04 Å². The van der Waals surface area contributed by atoms with E-state index in [1.807, 2.05) is 38.2 Å². The molecule has 0 aromatic heterocycles. The molecule has 1 aromatic carbocycles. The number of rotatable bonds is 5. The van der Waals surface area contributed by atoms with Gasteiger partial charge in [-0.3, -0.25) is 4.21 Å². The molecule has 2 nitrogen and oxygen atoms in total. The second-order valence-corrected chi connectivity index (χ2v) is 6.14. The Hall–Kier alpha value is -0.670. The number of hydrogen-bond acceptors (Lipinski definition) is 2. The van der Waals surface area contributed by atoms with Gasteiger partial charge in [0.1, 0.15) is 0 Å². The highest BCUT2D eigenvalue weighted by molar-refractivity contribution is 7.85. The first kappa shape index (κ1) is 13.4. The molecule has 0 aliphatic rings. The Balaban J connectivity index is 2.75. The lowest BCUT2D eigenvalue weighted by Crippen LogP contribution is -2.27. The maximum Gasteiger partial charge on any atom is 0.0561 e. The molecule has 0 aliphatic carbocycles. The summed E-state index contributed by atoms with van der Waals surface area (Å²) in [6.45, 7) is 6.18. The molecule has 0 bridgehead atoms. The molecule has 0 fully saturated rings. The number of aryl methyl sites for hydroxylation is 1. The van der Waals surface area contributed by atoms with E-state index in [0.717, 1.165) is 16.9 Å². The van der Waals surface area contributed by atoms with Gasteiger partial charge in [0.15, 0.2) is 0 Å². The van der Waals surface area contributed by atoms with Crippen molar-refractivity contribution in [2.24, 2.45) is 0 Å². The van der Waals surface area contributed by atoms with Crippen LogP contribution in [0.1, 0.15) is 25.8 Å². The SMILES string of the molecule is CNC(C)CC(C)S(=O)c1ccccc1C. The molecule has 1 rings (SSSR count). The highest BCUT2D eigenvalue weighted by atomic mass is 32.2. The van der Waals surface area contributed by atoms with Crippen LogP contribution in [0.2, 0.25) is 0 Å². The summed E-state index contributed by atoms with van der Waals surface area (Å²) in [5.41, 5.74) is 1.12. The zero-order valence-electron chi connectivity index (χ0n) is 10.5. The molecule has 0 spiro atoms. The van der Waals surface area contributed by atoms with Gasteiger partial charge in [-0.15, -0.1) is 0 Å². The number of nitrogens with one attached hydrogen (secondary N) is 1. The van der Waals surface area contributed by atoms with Crippen molar-refractivity contribution < 1.29 is 4.21 Å². The highest BCUT2D eigenvalue weighted by Gasteiger charge is 2.16. The van der Waals surface area contributed by atoms with Crippen molar-refractivity contribution >= 4 is 10.8 Å². The lowest BCUT2D eigenvalue weighted by Gasteiger charge is -2.17. The van der Waals surface area contributed by atoms with Crippen LogP contribution in [0.3, 0.4) is 0 Å². The summed E-state index contributed by atoms with van der Waals surface area (Å²) < 4.78 is 12.3. The van der Waals surface area contributed by atoms with Crippen molar-refractivity contribution in [3.8, 4) is 0 Å². The largest absolute Gasteiger partial charge is 0.317 e. The van der Waals surface area contributed by atoms with Crippen molar-refractivity contribution in [1.29, 1.82) is 0 Å². The van der Waals surface area contributed by atoms with Gasteiger partial charge in [0, 0.05) is 16.2 Å². The van der Waals surface area contributed by atoms with Gasteiger partial charge in [0.2, 0.25) is 0 Å². The fourth-order valence-electron chi connectivity index (χ4n) is 1.70. The first-order valence-corrected chi connectivity index (χ1v) is 6.91. The third kappa shape index (κ3) is 3.42. The standard InChI is InChI=1S/C13H21NOS/c1-10-7-5-6-8-13(10)16(15)12(3)9-11(2)14-4/h5-8,11-12,14H,9H2,1-4H3. The summed E-state index contributed by atoms with van der Waals surface area (Å²) in [5.74, 6) is 0. The topological polar surface area (TPSA) is 29.1 Å². The Kier molecular flexibility index (Phi) is 5.16. The van der Waals surface area contributed by atoms with E-state index in [1.54, 1.807) is 0 Å². The fourth-order valence-corrected chi connectivity index (χ4v) is 3.20. The van der Waals surface area contributed by atoms with Crippen LogP contribution in [-0.2, 0) is 10.8 Å². The molecule has 3 unspecified atom stereocenters. The molecule has 0 amide bonds. The average Bonchev–Trinajstić information content (AvgIpc) is 2.28. The summed E-state index contributed by atoms with van der Waals surface area (Å²) in [6, 6.07) is 8.32. The Labute approximate surface area is 101 Å². The molecule has 0 saturated heterocycles. The lowest BCUT2D eigenvalue weighted by molar-refractivity contribution is 0.554. The van der Waals surface area contributed by atoms with Gasteiger partial charge in [0.25, 0.3) is 0 Å².